The van der Waals surface area contributed by atoms with Crippen LogP contribution in [0.15, 0.2) is 24.3 Å². The molecule has 0 bridgehead atoms. The highest BCUT2D eigenvalue weighted by Crippen LogP contribution is 2.20. The van der Waals surface area contributed by atoms with Gasteiger partial charge in [0.2, 0.25) is 11.8 Å². The van der Waals surface area contributed by atoms with Crippen molar-refractivity contribution in [2.24, 2.45) is 5.92 Å². The molecule has 164 valence electrons. The number of nitrogens with one attached hydrogen (secondary N) is 1. The number of nitrogens with zero attached hydrogens (tertiary/aromatic N) is 3. The highest BCUT2D eigenvalue weighted by atomic mass is 16.5. The molecular weight excluding hydrogens is 380 g/mol. The summed E-state index contributed by atoms with van der Waals surface area (Å²) in [6, 6.07) is 8.04. The number of aromatic nitrogens is 2. The molecule has 1 saturated heterocycles. The number of benzene rings is 1. The zero-order chi connectivity index (χ0) is 21.3. The maximum Gasteiger partial charge on any atom is 0.245 e. The van der Waals surface area contributed by atoms with Crippen molar-refractivity contribution in [3.05, 3.63) is 30.1 Å². The summed E-state index contributed by atoms with van der Waals surface area (Å²) in [5.74, 6) is 1.79. The smallest absolute Gasteiger partial charge is 0.245 e. The molecule has 1 aliphatic rings. The van der Waals surface area contributed by atoms with E-state index in [0.29, 0.717) is 19.0 Å². The van der Waals surface area contributed by atoms with Crippen LogP contribution in [-0.4, -0.2) is 59.6 Å². The molecule has 1 fully saturated rings. The van der Waals surface area contributed by atoms with Gasteiger partial charge in [-0.2, -0.15) is 0 Å². The molecular formula is C23H34N4O3. The number of carbonyl (C=O) groups is 2. The summed E-state index contributed by atoms with van der Waals surface area (Å²) in [4.78, 5) is 31.1. The Hall–Kier alpha value is -2.41. The van der Waals surface area contributed by atoms with Crippen LogP contribution in [0.1, 0.15) is 44.9 Å². The molecule has 0 radical (unpaired) electrons. The van der Waals surface area contributed by atoms with Gasteiger partial charge < -0.3 is 19.5 Å². The molecule has 30 heavy (non-hydrogen) atoms. The average molecular weight is 415 g/mol. The van der Waals surface area contributed by atoms with Gasteiger partial charge in [0.05, 0.1) is 11.0 Å². The number of unbranched alkanes of at least 4 members (excludes halogenated alkanes) is 2. The number of para-hydroxylation sites is 2. The van der Waals surface area contributed by atoms with Crippen LogP contribution in [0.2, 0.25) is 0 Å². The van der Waals surface area contributed by atoms with E-state index in [-0.39, 0.29) is 18.4 Å². The van der Waals surface area contributed by atoms with E-state index in [1.165, 1.54) is 7.11 Å². The Morgan fingerprint density at radius 3 is 2.70 bits per heavy atom. The number of amides is 2. The first-order valence-electron chi connectivity index (χ1n) is 11.1. The van der Waals surface area contributed by atoms with Crippen molar-refractivity contribution in [3.63, 3.8) is 0 Å². The van der Waals surface area contributed by atoms with Crippen LogP contribution in [0.3, 0.4) is 0 Å². The normalized spacial score (nSPS) is 14.9. The molecule has 3 rings (SSSR count). The molecule has 2 heterocycles. The topological polar surface area (TPSA) is 76.5 Å². The first kappa shape index (κ1) is 22.3. The van der Waals surface area contributed by atoms with E-state index in [2.05, 4.69) is 16.8 Å². The van der Waals surface area contributed by atoms with E-state index in [9.17, 15) is 9.59 Å². The van der Waals surface area contributed by atoms with Crippen LogP contribution in [0.5, 0.6) is 0 Å². The number of carbonyl (C=O) groups excluding carboxylic acids is 2. The first-order valence-corrected chi connectivity index (χ1v) is 11.1. The van der Waals surface area contributed by atoms with Crippen molar-refractivity contribution in [2.75, 3.05) is 33.4 Å². The van der Waals surface area contributed by atoms with Crippen molar-refractivity contribution in [1.82, 2.24) is 19.8 Å². The fourth-order valence-electron chi connectivity index (χ4n) is 3.98. The molecule has 2 amide bonds. The quantitative estimate of drug-likeness (QED) is 0.607. The van der Waals surface area contributed by atoms with E-state index in [1.54, 1.807) is 0 Å². The SMILES string of the molecule is COCC(=O)NCCCCCc1nc2ccccc2n1CC(=O)N1CCC(C)CC1. The standard InChI is InChI=1S/C23H34N4O3/c1-18-11-14-26(15-12-18)23(29)16-27-20-9-6-5-8-19(20)25-21(27)10-4-3-7-13-24-22(28)17-30-2/h5-6,8-9,18H,3-4,7,10-17H2,1-2H3,(H,24,28). The fraction of sp³-hybridized carbons (Fsp3) is 0.609. The molecule has 1 aliphatic heterocycles. The summed E-state index contributed by atoms with van der Waals surface area (Å²) < 4.78 is 6.90. The Bertz CT molecular complexity index is 840. The van der Waals surface area contributed by atoms with Crippen LogP contribution >= 0.6 is 0 Å². The third-order valence-electron chi connectivity index (χ3n) is 5.84. The lowest BCUT2D eigenvalue weighted by molar-refractivity contribution is -0.133. The molecule has 0 spiro atoms. The number of rotatable bonds is 10. The lowest BCUT2D eigenvalue weighted by Crippen LogP contribution is -2.39. The maximum absolute atomic E-state index is 12.9. The van der Waals surface area contributed by atoms with Gasteiger partial charge in [-0.1, -0.05) is 25.5 Å². The highest BCUT2D eigenvalue weighted by molar-refractivity contribution is 5.81. The van der Waals surface area contributed by atoms with E-state index in [1.807, 2.05) is 29.2 Å². The number of methoxy groups -OCH3 is 1. The van der Waals surface area contributed by atoms with Crippen molar-refractivity contribution < 1.29 is 14.3 Å². The first-order chi connectivity index (χ1) is 14.6. The Morgan fingerprint density at radius 2 is 1.93 bits per heavy atom. The number of imidazole rings is 1. The van der Waals surface area contributed by atoms with Crippen LogP contribution < -0.4 is 5.32 Å². The van der Waals surface area contributed by atoms with Crippen molar-refractivity contribution in [1.29, 1.82) is 0 Å². The summed E-state index contributed by atoms with van der Waals surface area (Å²) in [6.07, 6.45) is 5.88. The molecule has 2 aromatic rings. The Morgan fingerprint density at radius 1 is 1.17 bits per heavy atom. The van der Waals surface area contributed by atoms with Crippen molar-refractivity contribution in [3.8, 4) is 0 Å². The van der Waals surface area contributed by atoms with Crippen molar-refractivity contribution >= 4 is 22.8 Å². The molecule has 1 aromatic carbocycles. The number of aryl methyl sites for hydroxylation is 1. The summed E-state index contributed by atoms with van der Waals surface area (Å²) in [6.45, 7) is 5.09. The second-order valence-electron chi connectivity index (χ2n) is 8.26. The lowest BCUT2D eigenvalue weighted by Gasteiger charge is -2.30. The predicted octanol–water partition coefficient (Wildman–Crippen LogP) is 2.77. The molecule has 1 N–H and O–H groups in total. The number of hydrogen-bond donors (Lipinski definition) is 1. The fourth-order valence-corrected chi connectivity index (χ4v) is 3.98. The van der Waals surface area contributed by atoms with E-state index >= 15 is 0 Å². The van der Waals surface area contributed by atoms with Gasteiger partial charge in [0.1, 0.15) is 19.0 Å². The van der Waals surface area contributed by atoms with Gasteiger partial charge in [-0.05, 0) is 43.7 Å². The monoisotopic (exact) mass is 414 g/mol. The van der Waals surface area contributed by atoms with Crippen LogP contribution in [0.25, 0.3) is 11.0 Å². The summed E-state index contributed by atoms with van der Waals surface area (Å²) in [5, 5.41) is 2.85. The Labute approximate surface area is 178 Å². The lowest BCUT2D eigenvalue weighted by atomic mass is 9.99. The van der Waals surface area contributed by atoms with Gasteiger partial charge in [-0.3, -0.25) is 9.59 Å². The number of fused-ring (bicyclic) bond motifs is 1. The van der Waals surface area contributed by atoms with Crippen LogP contribution in [0, 0.1) is 5.92 Å². The molecule has 0 atom stereocenters. The largest absolute Gasteiger partial charge is 0.375 e. The molecule has 0 unspecified atom stereocenters. The molecule has 0 saturated carbocycles. The number of hydrogen-bond acceptors (Lipinski definition) is 4. The van der Waals surface area contributed by atoms with Gasteiger partial charge in [-0.25, -0.2) is 4.98 Å². The number of likely N-dealkylation sites (tertiary alicyclic amines) is 1. The molecule has 7 heteroatoms. The minimum Gasteiger partial charge on any atom is -0.375 e. The molecule has 7 nitrogen and oxygen atoms in total. The van der Waals surface area contributed by atoms with E-state index in [0.717, 1.165) is 68.5 Å². The van der Waals surface area contributed by atoms with Crippen LogP contribution in [-0.2, 0) is 27.3 Å². The minimum atomic E-state index is -0.0788. The van der Waals surface area contributed by atoms with Gasteiger partial charge in [0.25, 0.3) is 0 Å². The van der Waals surface area contributed by atoms with Gasteiger partial charge >= 0.3 is 0 Å². The predicted molar refractivity (Wildman–Crippen MR) is 117 cm³/mol. The zero-order valence-electron chi connectivity index (χ0n) is 18.2. The Balaban J connectivity index is 1.56. The van der Waals surface area contributed by atoms with Crippen molar-refractivity contribution in [2.45, 2.75) is 52.0 Å². The summed E-state index contributed by atoms with van der Waals surface area (Å²) in [5.41, 5.74) is 1.97. The average Bonchev–Trinajstić information content (AvgIpc) is 3.08. The Kier molecular flexibility index (Phi) is 8.25. The second-order valence-corrected chi connectivity index (χ2v) is 8.26. The third kappa shape index (κ3) is 6.05. The molecule has 0 aliphatic carbocycles. The second kappa shape index (κ2) is 11.1. The van der Waals surface area contributed by atoms with Crippen LogP contribution in [0.4, 0.5) is 0 Å². The van der Waals surface area contributed by atoms with Gasteiger partial charge in [-0.15, -0.1) is 0 Å². The van der Waals surface area contributed by atoms with Gasteiger partial charge in [0, 0.05) is 33.2 Å². The van der Waals surface area contributed by atoms with E-state index in [4.69, 9.17) is 9.72 Å². The summed E-state index contributed by atoms with van der Waals surface area (Å²) in [7, 11) is 1.52. The molecule has 1 aromatic heterocycles. The third-order valence-corrected chi connectivity index (χ3v) is 5.84. The number of ether oxygens (including phenoxy) is 1. The minimum absolute atomic E-state index is 0.0788. The van der Waals surface area contributed by atoms with Gasteiger partial charge in [0.15, 0.2) is 0 Å². The zero-order valence-corrected chi connectivity index (χ0v) is 18.2. The number of piperidine rings is 1. The highest BCUT2D eigenvalue weighted by Gasteiger charge is 2.22. The maximum atomic E-state index is 12.9. The summed E-state index contributed by atoms with van der Waals surface area (Å²) >= 11 is 0. The van der Waals surface area contributed by atoms with E-state index < -0.39 is 0 Å².